The number of unbranched alkanes of at least 4 members (excludes halogenated alkanes) is 2. The molecule has 0 saturated carbocycles. The molecule has 0 radical (unpaired) electrons. The molecule has 6 nitrogen and oxygen atoms in total. The van der Waals surface area contributed by atoms with Crippen LogP contribution in [0, 0.1) is 11.3 Å². The predicted octanol–water partition coefficient (Wildman–Crippen LogP) is 2.48. The maximum absolute atomic E-state index is 11.3. The van der Waals surface area contributed by atoms with E-state index in [9.17, 15) is 4.79 Å². The third kappa shape index (κ3) is 2.87. The molecule has 3 aromatic rings. The Bertz CT molecular complexity index is 873. The first-order valence-electron chi connectivity index (χ1n) is 6.79. The van der Waals surface area contributed by atoms with Crippen molar-refractivity contribution < 1.29 is 4.74 Å². The fourth-order valence-corrected chi connectivity index (χ4v) is 2.19. The van der Waals surface area contributed by atoms with Gasteiger partial charge in [-0.3, -0.25) is 4.98 Å². The molecular formula is C15H14N4O2. The molecule has 3 rings (SSSR count). The maximum atomic E-state index is 11.3. The van der Waals surface area contributed by atoms with Crippen LogP contribution in [0.1, 0.15) is 19.3 Å². The van der Waals surface area contributed by atoms with Crippen molar-refractivity contribution in [1.82, 2.24) is 15.0 Å². The number of aromatic nitrogens is 3. The van der Waals surface area contributed by atoms with Crippen LogP contribution in [0.2, 0.25) is 0 Å². The van der Waals surface area contributed by atoms with Gasteiger partial charge in [0.05, 0.1) is 23.7 Å². The number of aromatic amines is 2. The number of fused-ring (bicyclic) bond motifs is 2. The molecule has 2 aromatic heterocycles. The lowest BCUT2D eigenvalue weighted by Gasteiger charge is -2.06. The zero-order valence-electron chi connectivity index (χ0n) is 11.3. The molecular weight excluding hydrogens is 268 g/mol. The van der Waals surface area contributed by atoms with Gasteiger partial charge in [0.15, 0.2) is 5.65 Å². The molecule has 0 fully saturated rings. The highest BCUT2D eigenvalue weighted by Gasteiger charge is 2.04. The largest absolute Gasteiger partial charge is 0.494 e. The van der Waals surface area contributed by atoms with Gasteiger partial charge < -0.3 is 9.72 Å². The number of pyridine rings is 1. The summed E-state index contributed by atoms with van der Waals surface area (Å²) < 4.78 is 5.66. The second-order valence-corrected chi connectivity index (χ2v) is 4.78. The third-order valence-electron chi connectivity index (χ3n) is 3.22. The summed E-state index contributed by atoms with van der Waals surface area (Å²) in [5, 5.41) is 9.37. The molecule has 0 aliphatic carbocycles. The summed E-state index contributed by atoms with van der Waals surface area (Å²) in [7, 11) is 0. The van der Waals surface area contributed by atoms with Gasteiger partial charge >= 0.3 is 5.69 Å². The molecule has 6 heteroatoms. The Hall–Kier alpha value is -2.81. The van der Waals surface area contributed by atoms with E-state index in [1.165, 1.54) is 0 Å². The van der Waals surface area contributed by atoms with E-state index in [0.717, 1.165) is 29.5 Å². The molecule has 0 amide bonds. The average molecular weight is 282 g/mol. The number of H-pyrrole nitrogens is 2. The summed E-state index contributed by atoms with van der Waals surface area (Å²) >= 11 is 0. The van der Waals surface area contributed by atoms with Gasteiger partial charge in [-0.25, -0.2) is 9.78 Å². The van der Waals surface area contributed by atoms with E-state index < -0.39 is 0 Å². The SMILES string of the molecule is N#CCCCCOc1ccc2nc3[nH]c(=O)[nH]c3cc2c1. The van der Waals surface area contributed by atoms with Gasteiger partial charge in [-0.05, 0) is 37.1 Å². The molecule has 106 valence electrons. The zero-order chi connectivity index (χ0) is 14.7. The highest BCUT2D eigenvalue weighted by Crippen LogP contribution is 2.22. The molecule has 0 atom stereocenters. The number of nitrogens with one attached hydrogen (secondary N) is 2. The van der Waals surface area contributed by atoms with Crippen LogP contribution in [0.25, 0.3) is 22.1 Å². The smallest absolute Gasteiger partial charge is 0.325 e. The van der Waals surface area contributed by atoms with Gasteiger partial charge in [-0.15, -0.1) is 0 Å². The van der Waals surface area contributed by atoms with Crippen molar-refractivity contribution in [3.05, 3.63) is 34.7 Å². The van der Waals surface area contributed by atoms with E-state index in [-0.39, 0.29) is 5.69 Å². The van der Waals surface area contributed by atoms with Crippen molar-refractivity contribution in [2.24, 2.45) is 0 Å². The first kappa shape index (κ1) is 13.2. The second kappa shape index (κ2) is 5.67. The van der Waals surface area contributed by atoms with Gasteiger partial charge in [-0.2, -0.15) is 5.26 Å². The molecule has 0 bridgehead atoms. The Morgan fingerprint density at radius 2 is 2.14 bits per heavy atom. The van der Waals surface area contributed by atoms with Gasteiger partial charge in [0, 0.05) is 11.8 Å². The molecule has 0 spiro atoms. The monoisotopic (exact) mass is 282 g/mol. The van der Waals surface area contributed by atoms with Crippen molar-refractivity contribution in [1.29, 1.82) is 5.26 Å². The summed E-state index contributed by atoms with van der Waals surface area (Å²) in [4.78, 5) is 21.0. The van der Waals surface area contributed by atoms with E-state index in [4.69, 9.17) is 10.00 Å². The van der Waals surface area contributed by atoms with Gasteiger partial charge in [-0.1, -0.05) is 0 Å². The molecule has 0 aliphatic rings. The van der Waals surface area contributed by atoms with Crippen molar-refractivity contribution in [3.8, 4) is 11.8 Å². The first-order chi connectivity index (χ1) is 10.3. The summed E-state index contributed by atoms with van der Waals surface area (Å²) in [5.74, 6) is 0.762. The Morgan fingerprint density at radius 3 is 3.00 bits per heavy atom. The fraction of sp³-hybridized carbons (Fsp3) is 0.267. The van der Waals surface area contributed by atoms with Crippen LogP contribution in [-0.2, 0) is 0 Å². The molecule has 0 aliphatic heterocycles. The van der Waals surface area contributed by atoms with Crippen LogP contribution < -0.4 is 10.4 Å². The number of hydrogen-bond donors (Lipinski definition) is 2. The Balaban J connectivity index is 1.80. The lowest BCUT2D eigenvalue weighted by atomic mass is 10.2. The number of nitriles is 1. The van der Waals surface area contributed by atoms with Gasteiger partial charge in [0.2, 0.25) is 0 Å². The van der Waals surface area contributed by atoms with Crippen LogP contribution >= 0.6 is 0 Å². The third-order valence-corrected chi connectivity index (χ3v) is 3.22. The van der Waals surface area contributed by atoms with Crippen LogP contribution in [0.15, 0.2) is 29.1 Å². The molecule has 0 unspecified atom stereocenters. The molecule has 21 heavy (non-hydrogen) atoms. The lowest BCUT2D eigenvalue weighted by Crippen LogP contribution is -1.99. The standard InChI is InChI=1S/C15H14N4O2/c16-6-2-1-3-7-21-11-4-5-12-10(8-11)9-13-14(17-12)19-15(20)18-13/h4-5,8-9H,1-3,7H2,(H2,17,18,19,20). The van der Waals surface area contributed by atoms with E-state index in [0.29, 0.717) is 24.2 Å². The first-order valence-corrected chi connectivity index (χ1v) is 6.79. The number of ether oxygens (including phenoxy) is 1. The van der Waals surface area contributed by atoms with Gasteiger partial charge in [0.25, 0.3) is 0 Å². The number of nitrogens with zero attached hydrogens (tertiary/aromatic N) is 2. The minimum absolute atomic E-state index is 0.262. The highest BCUT2D eigenvalue weighted by atomic mass is 16.5. The minimum Gasteiger partial charge on any atom is -0.494 e. The highest BCUT2D eigenvalue weighted by molar-refractivity contribution is 5.89. The molecule has 2 heterocycles. The maximum Gasteiger partial charge on any atom is 0.325 e. The Labute approximate surface area is 120 Å². The normalized spacial score (nSPS) is 10.8. The lowest BCUT2D eigenvalue weighted by molar-refractivity contribution is 0.308. The van der Waals surface area contributed by atoms with E-state index in [2.05, 4.69) is 21.0 Å². The van der Waals surface area contributed by atoms with Gasteiger partial charge in [0.1, 0.15) is 5.75 Å². The van der Waals surface area contributed by atoms with Crippen molar-refractivity contribution in [3.63, 3.8) is 0 Å². The van der Waals surface area contributed by atoms with Crippen molar-refractivity contribution >= 4 is 22.1 Å². The number of imidazole rings is 1. The average Bonchev–Trinajstić information content (AvgIpc) is 2.83. The molecule has 2 N–H and O–H groups in total. The summed E-state index contributed by atoms with van der Waals surface area (Å²) in [6, 6.07) is 9.61. The zero-order valence-corrected chi connectivity index (χ0v) is 11.3. The number of rotatable bonds is 5. The van der Waals surface area contributed by atoms with E-state index in [1.54, 1.807) is 0 Å². The summed E-state index contributed by atoms with van der Waals surface area (Å²) in [5.41, 5.74) is 1.77. The fourth-order valence-electron chi connectivity index (χ4n) is 2.19. The van der Waals surface area contributed by atoms with Crippen LogP contribution in [0.3, 0.4) is 0 Å². The van der Waals surface area contributed by atoms with Crippen LogP contribution in [0.5, 0.6) is 5.75 Å². The summed E-state index contributed by atoms with van der Waals surface area (Å²) in [6.45, 7) is 0.587. The molecule has 1 aromatic carbocycles. The Morgan fingerprint density at radius 1 is 1.24 bits per heavy atom. The second-order valence-electron chi connectivity index (χ2n) is 4.78. The topological polar surface area (TPSA) is 94.6 Å². The van der Waals surface area contributed by atoms with Crippen molar-refractivity contribution in [2.75, 3.05) is 6.61 Å². The molecule has 0 saturated heterocycles. The van der Waals surface area contributed by atoms with Crippen LogP contribution in [-0.4, -0.2) is 21.6 Å². The van der Waals surface area contributed by atoms with E-state index >= 15 is 0 Å². The minimum atomic E-state index is -0.262. The summed E-state index contributed by atoms with van der Waals surface area (Å²) in [6.07, 6.45) is 2.26. The van der Waals surface area contributed by atoms with E-state index in [1.807, 2.05) is 24.3 Å². The number of benzene rings is 1. The quantitative estimate of drug-likeness (QED) is 0.703. The van der Waals surface area contributed by atoms with Crippen molar-refractivity contribution in [2.45, 2.75) is 19.3 Å². The van der Waals surface area contributed by atoms with Crippen LogP contribution in [0.4, 0.5) is 0 Å². The number of hydrogen-bond acceptors (Lipinski definition) is 4. The Kier molecular flexibility index (Phi) is 3.56. The predicted molar refractivity (Wildman–Crippen MR) is 79.2 cm³/mol.